The Kier molecular flexibility index (Phi) is 4.28. The molecule has 2 aromatic rings. The Morgan fingerprint density at radius 1 is 1.35 bits per heavy atom. The lowest BCUT2D eigenvalue weighted by Gasteiger charge is -2.34. The maximum absolute atomic E-state index is 13.2. The zero-order chi connectivity index (χ0) is 16.6. The third-order valence-corrected chi connectivity index (χ3v) is 5.76. The summed E-state index contributed by atoms with van der Waals surface area (Å²) in [5, 5.41) is 4.75. The van der Waals surface area contributed by atoms with Gasteiger partial charge >= 0.3 is 0 Å². The number of anilines is 1. The van der Waals surface area contributed by atoms with E-state index in [1.54, 1.807) is 23.5 Å². The molecule has 0 saturated carbocycles. The van der Waals surface area contributed by atoms with Crippen LogP contribution in [0.4, 0.5) is 10.1 Å². The normalized spacial score (nSPS) is 17.7. The van der Waals surface area contributed by atoms with Gasteiger partial charge in [-0.3, -0.25) is 4.79 Å². The van der Waals surface area contributed by atoms with Crippen molar-refractivity contribution in [2.45, 2.75) is 40.0 Å². The molecule has 0 radical (unpaired) electrons. The van der Waals surface area contributed by atoms with Crippen molar-refractivity contribution in [3.05, 3.63) is 51.5 Å². The zero-order valence-corrected chi connectivity index (χ0v) is 14.6. The Bertz CT molecular complexity index is 729. The van der Waals surface area contributed by atoms with Crippen LogP contribution in [0.25, 0.3) is 0 Å². The molecule has 1 aromatic carbocycles. The molecule has 23 heavy (non-hydrogen) atoms. The van der Waals surface area contributed by atoms with Gasteiger partial charge < -0.3 is 5.32 Å². The van der Waals surface area contributed by atoms with Crippen molar-refractivity contribution in [3.8, 4) is 0 Å². The Hall–Kier alpha value is -1.68. The van der Waals surface area contributed by atoms with Crippen molar-refractivity contribution in [1.29, 1.82) is 0 Å². The van der Waals surface area contributed by atoms with Crippen LogP contribution in [0.5, 0.6) is 0 Å². The van der Waals surface area contributed by atoms with Crippen molar-refractivity contribution >= 4 is 22.9 Å². The summed E-state index contributed by atoms with van der Waals surface area (Å²) < 4.78 is 13.2. The molecule has 1 aliphatic rings. The minimum Gasteiger partial charge on any atom is -0.322 e. The highest BCUT2D eigenvalue weighted by Crippen LogP contribution is 2.40. The summed E-state index contributed by atoms with van der Waals surface area (Å²) in [6, 6.07) is 6.01. The molecule has 2 nitrogen and oxygen atoms in total. The Morgan fingerprint density at radius 2 is 2.13 bits per heavy atom. The molecule has 1 aliphatic carbocycles. The summed E-state index contributed by atoms with van der Waals surface area (Å²) in [5.41, 5.74) is 2.73. The molecule has 1 N–H and O–H groups in total. The molecule has 1 aromatic heterocycles. The predicted octanol–water partition coefficient (Wildman–Crippen LogP) is 5.29. The largest absolute Gasteiger partial charge is 0.322 e. The number of benzene rings is 1. The average molecular weight is 331 g/mol. The van der Waals surface area contributed by atoms with Gasteiger partial charge in [-0.05, 0) is 54.4 Å². The van der Waals surface area contributed by atoms with Crippen LogP contribution >= 0.6 is 11.3 Å². The van der Waals surface area contributed by atoms with Crippen molar-refractivity contribution in [1.82, 2.24) is 0 Å². The van der Waals surface area contributed by atoms with Crippen molar-refractivity contribution in [3.63, 3.8) is 0 Å². The van der Waals surface area contributed by atoms with Crippen LogP contribution in [-0.2, 0) is 12.8 Å². The van der Waals surface area contributed by atoms with E-state index in [0.717, 1.165) is 24.8 Å². The minimum atomic E-state index is -0.344. The highest BCUT2D eigenvalue weighted by molar-refractivity contribution is 7.10. The van der Waals surface area contributed by atoms with Crippen LogP contribution in [-0.4, -0.2) is 5.91 Å². The fraction of sp³-hybridized carbons (Fsp3) is 0.421. The van der Waals surface area contributed by atoms with Gasteiger partial charge in [0, 0.05) is 15.9 Å². The first-order chi connectivity index (χ1) is 10.8. The number of halogens is 1. The van der Waals surface area contributed by atoms with E-state index < -0.39 is 0 Å². The highest BCUT2D eigenvalue weighted by Gasteiger charge is 2.31. The summed E-state index contributed by atoms with van der Waals surface area (Å²) in [5.74, 6) is 0.179. The van der Waals surface area contributed by atoms with E-state index in [4.69, 9.17) is 0 Å². The molecular weight excluding hydrogens is 309 g/mol. The van der Waals surface area contributed by atoms with Gasteiger partial charge in [0.05, 0.1) is 5.56 Å². The van der Waals surface area contributed by atoms with Crippen molar-refractivity contribution in [2.75, 3.05) is 5.32 Å². The van der Waals surface area contributed by atoms with Gasteiger partial charge in [-0.2, -0.15) is 0 Å². The maximum Gasteiger partial charge on any atom is 0.256 e. The fourth-order valence-electron chi connectivity index (χ4n) is 3.21. The van der Waals surface area contributed by atoms with E-state index in [0.29, 0.717) is 17.0 Å². The van der Waals surface area contributed by atoms with E-state index in [2.05, 4.69) is 26.1 Å². The SMILES string of the molecule is CC(C)(C)C1CCc2c(C(=O)Nc3cccc(F)c3)csc2C1. The second-order valence-electron chi connectivity index (χ2n) is 7.32. The maximum atomic E-state index is 13.2. The monoisotopic (exact) mass is 331 g/mol. The molecule has 3 rings (SSSR count). The third-order valence-electron chi connectivity index (χ3n) is 4.71. The molecule has 1 atom stereocenters. The number of amides is 1. The van der Waals surface area contributed by atoms with Gasteiger partial charge in [-0.25, -0.2) is 4.39 Å². The molecule has 1 amide bonds. The molecule has 1 heterocycles. The van der Waals surface area contributed by atoms with Gasteiger partial charge in [-0.15, -0.1) is 11.3 Å². The van der Waals surface area contributed by atoms with Crippen LogP contribution in [0.15, 0.2) is 29.6 Å². The van der Waals surface area contributed by atoms with E-state index >= 15 is 0 Å². The predicted molar refractivity (Wildman–Crippen MR) is 93.6 cm³/mol. The lowest BCUT2D eigenvalue weighted by atomic mass is 9.72. The molecule has 4 heteroatoms. The van der Waals surface area contributed by atoms with Gasteiger partial charge in [0.2, 0.25) is 0 Å². The van der Waals surface area contributed by atoms with E-state index in [1.165, 1.54) is 22.6 Å². The number of fused-ring (bicyclic) bond motifs is 1. The number of hydrogen-bond acceptors (Lipinski definition) is 2. The summed E-state index contributed by atoms with van der Waals surface area (Å²) in [4.78, 5) is 13.8. The van der Waals surface area contributed by atoms with E-state index in [9.17, 15) is 9.18 Å². The van der Waals surface area contributed by atoms with Crippen LogP contribution in [0.2, 0.25) is 0 Å². The molecule has 0 bridgehead atoms. The Morgan fingerprint density at radius 3 is 2.83 bits per heavy atom. The van der Waals surface area contributed by atoms with E-state index in [1.807, 2.05) is 5.38 Å². The summed E-state index contributed by atoms with van der Waals surface area (Å²) in [6.45, 7) is 6.86. The van der Waals surface area contributed by atoms with Gasteiger partial charge in [-0.1, -0.05) is 26.8 Å². The molecule has 122 valence electrons. The molecular formula is C19H22FNOS. The van der Waals surface area contributed by atoms with Crippen molar-refractivity contribution in [2.24, 2.45) is 11.3 Å². The summed E-state index contributed by atoms with van der Waals surface area (Å²) >= 11 is 1.68. The zero-order valence-electron chi connectivity index (χ0n) is 13.8. The molecule has 0 spiro atoms. The molecule has 0 fully saturated rings. The van der Waals surface area contributed by atoms with Gasteiger partial charge in [0.1, 0.15) is 5.82 Å². The van der Waals surface area contributed by atoms with Crippen LogP contribution in [0.3, 0.4) is 0 Å². The van der Waals surface area contributed by atoms with Crippen LogP contribution < -0.4 is 5.32 Å². The first-order valence-corrected chi connectivity index (χ1v) is 8.88. The Labute approximate surface area is 140 Å². The second kappa shape index (κ2) is 6.08. The quantitative estimate of drug-likeness (QED) is 0.796. The van der Waals surface area contributed by atoms with Crippen molar-refractivity contribution < 1.29 is 9.18 Å². The van der Waals surface area contributed by atoms with Crippen LogP contribution in [0, 0.1) is 17.2 Å². The lowest BCUT2D eigenvalue weighted by Crippen LogP contribution is -2.27. The molecule has 1 unspecified atom stereocenters. The highest BCUT2D eigenvalue weighted by atomic mass is 32.1. The molecule has 0 saturated heterocycles. The average Bonchev–Trinajstić information content (AvgIpc) is 2.89. The topological polar surface area (TPSA) is 29.1 Å². The number of thiophene rings is 1. The number of nitrogens with one attached hydrogen (secondary N) is 1. The standard InChI is InChI=1S/C19H22FNOS/c1-19(2,3)12-7-8-15-16(11-23-17(15)9-12)18(22)21-14-6-4-5-13(20)10-14/h4-6,10-12H,7-9H2,1-3H3,(H,21,22). The smallest absolute Gasteiger partial charge is 0.256 e. The minimum absolute atomic E-state index is 0.137. The lowest BCUT2D eigenvalue weighted by molar-refractivity contribution is 0.102. The van der Waals surface area contributed by atoms with E-state index in [-0.39, 0.29) is 11.7 Å². The van der Waals surface area contributed by atoms with Gasteiger partial charge in [0.25, 0.3) is 5.91 Å². The first kappa shape index (κ1) is 16.2. The number of carbonyl (C=O) groups is 1. The van der Waals surface area contributed by atoms with Crippen LogP contribution in [0.1, 0.15) is 48.0 Å². The first-order valence-electron chi connectivity index (χ1n) is 8.01. The third kappa shape index (κ3) is 3.47. The number of rotatable bonds is 2. The Balaban J connectivity index is 1.78. The summed E-state index contributed by atoms with van der Waals surface area (Å²) in [6.07, 6.45) is 3.12. The summed E-state index contributed by atoms with van der Waals surface area (Å²) in [7, 11) is 0. The second-order valence-corrected chi connectivity index (χ2v) is 8.29. The molecule has 0 aliphatic heterocycles. The van der Waals surface area contributed by atoms with Gasteiger partial charge in [0.15, 0.2) is 0 Å². The fourth-order valence-corrected chi connectivity index (χ4v) is 4.37. The number of hydrogen-bond donors (Lipinski definition) is 1. The number of carbonyl (C=O) groups excluding carboxylic acids is 1.